The van der Waals surface area contributed by atoms with E-state index in [9.17, 15) is 14.4 Å². The minimum absolute atomic E-state index is 0. The van der Waals surface area contributed by atoms with Gasteiger partial charge >= 0.3 is 6.03 Å². The van der Waals surface area contributed by atoms with Crippen LogP contribution in [-0.4, -0.2) is 46.9 Å². The number of hydrogen-bond donors (Lipinski definition) is 3. The van der Waals surface area contributed by atoms with Gasteiger partial charge in [0.1, 0.15) is 12.1 Å². The number of nitrogens with one attached hydrogen (secondary N) is 2. The van der Waals surface area contributed by atoms with Crippen LogP contribution in [0.15, 0.2) is 0 Å². The van der Waals surface area contributed by atoms with Gasteiger partial charge in [-0.25, -0.2) is 4.79 Å². The lowest BCUT2D eigenvalue weighted by Crippen LogP contribution is -2.53. The fourth-order valence-electron chi connectivity index (χ4n) is 2.41. The molecule has 1 saturated heterocycles. The van der Waals surface area contributed by atoms with E-state index >= 15 is 0 Å². The predicted molar refractivity (Wildman–Crippen MR) is 79.9 cm³/mol. The van der Waals surface area contributed by atoms with Gasteiger partial charge in [-0.05, 0) is 39.5 Å². The average Bonchev–Trinajstić information content (AvgIpc) is 3.15. The Labute approximate surface area is 130 Å². The van der Waals surface area contributed by atoms with Crippen molar-refractivity contribution in [3.05, 3.63) is 0 Å². The highest BCUT2D eigenvalue weighted by molar-refractivity contribution is 6.09. The van der Waals surface area contributed by atoms with Crippen molar-refractivity contribution in [2.75, 3.05) is 13.1 Å². The summed E-state index contributed by atoms with van der Waals surface area (Å²) in [6.07, 6.45) is 1.87. The molecule has 1 heterocycles. The molecule has 1 unspecified atom stereocenters. The zero-order valence-corrected chi connectivity index (χ0v) is 13.4. The number of halogens is 1. The Hall–Kier alpha value is -1.34. The lowest BCUT2D eigenvalue weighted by Gasteiger charge is -2.25. The maximum absolute atomic E-state index is 12.3. The van der Waals surface area contributed by atoms with Crippen LogP contribution in [0.5, 0.6) is 0 Å². The van der Waals surface area contributed by atoms with E-state index < -0.39 is 17.1 Å². The summed E-state index contributed by atoms with van der Waals surface area (Å²) >= 11 is 0. The first-order chi connectivity index (χ1) is 9.19. The predicted octanol–water partition coefficient (Wildman–Crippen LogP) is -0.0178. The van der Waals surface area contributed by atoms with E-state index in [0.717, 1.165) is 17.7 Å². The molecule has 2 rings (SSSR count). The molecule has 1 atom stereocenters. The molecule has 7 nitrogen and oxygen atoms in total. The van der Waals surface area contributed by atoms with E-state index in [1.165, 1.54) is 0 Å². The molecule has 4 N–H and O–H groups in total. The number of nitrogens with two attached hydrogens (primary N) is 1. The van der Waals surface area contributed by atoms with E-state index in [-0.39, 0.29) is 43.2 Å². The third-order valence-corrected chi connectivity index (χ3v) is 3.98. The van der Waals surface area contributed by atoms with Crippen LogP contribution in [0.25, 0.3) is 0 Å². The molecule has 1 saturated carbocycles. The highest BCUT2D eigenvalue weighted by Gasteiger charge is 2.56. The van der Waals surface area contributed by atoms with Gasteiger partial charge in [-0.1, -0.05) is 0 Å². The third-order valence-electron chi connectivity index (χ3n) is 3.98. The quantitative estimate of drug-likeness (QED) is 0.620. The maximum atomic E-state index is 12.3. The number of nitrogens with zero attached hydrogens (tertiary/aromatic N) is 1. The van der Waals surface area contributed by atoms with Crippen LogP contribution in [0.3, 0.4) is 0 Å². The standard InChI is InChI=1S/C13H22N4O3.ClH/c1-12(2,7-14)15-9(18)6-17-10(19)13(3,8-4-5-8)16-11(17)20;/h8H,4-7,14H2,1-3H3,(H,15,18)(H,16,20);1H. The second kappa shape index (κ2) is 5.81. The molecule has 0 radical (unpaired) electrons. The summed E-state index contributed by atoms with van der Waals surface area (Å²) in [5.74, 6) is -0.512. The van der Waals surface area contributed by atoms with Crippen LogP contribution in [-0.2, 0) is 9.59 Å². The van der Waals surface area contributed by atoms with E-state index in [1.54, 1.807) is 20.8 Å². The molecule has 0 aromatic heterocycles. The monoisotopic (exact) mass is 318 g/mol. The highest BCUT2D eigenvalue weighted by atomic mass is 35.5. The molecule has 1 aliphatic heterocycles. The van der Waals surface area contributed by atoms with Gasteiger partial charge in [0.2, 0.25) is 5.91 Å². The van der Waals surface area contributed by atoms with Gasteiger partial charge in [0.15, 0.2) is 0 Å². The van der Waals surface area contributed by atoms with E-state index in [4.69, 9.17) is 5.73 Å². The summed E-state index contributed by atoms with van der Waals surface area (Å²) in [6.45, 7) is 5.30. The molecule has 0 bridgehead atoms. The number of urea groups is 1. The summed E-state index contributed by atoms with van der Waals surface area (Å²) in [5, 5.41) is 5.42. The molecular weight excluding hydrogens is 296 g/mol. The molecule has 0 aromatic rings. The van der Waals surface area contributed by atoms with Gasteiger partial charge in [-0.3, -0.25) is 14.5 Å². The second-order valence-corrected chi connectivity index (χ2v) is 6.43. The zero-order valence-electron chi connectivity index (χ0n) is 12.6. The van der Waals surface area contributed by atoms with Gasteiger partial charge in [0, 0.05) is 12.1 Å². The molecule has 8 heteroatoms. The normalized spacial score (nSPS) is 25.4. The van der Waals surface area contributed by atoms with Crippen molar-refractivity contribution in [2.45, 2.75) is 44.7 Å². The van der Waals surface area contributed by atoms with Crippen molar-refractivity contribution in [1.82, 2.24) is 15.5 Å². The lowest BCUT2D eigenvalue weighted by atomic mass is 9.96. The van der Waals surface area contributed by atoms with Gasteiger partial charge in [0.25, 0.3) is 5.91 Å². The minimum Gasteiger partial charge on any atom is -0.348 e. The Morgan fingerprint density at radius 1 is 1.48 bits per heavy atom. The molecule has 0 aromatic carbocycles. The van der Waals surface area contributed by atoms with Crippen LogP contribution >= 0.6 is 12.4 Å². The summed E-state index contributed by atoms with van der Waals surface area (Å²) in [7, 11) is 0. The smallest absolute Gasteiger partial charge is 0.325 e. The van der Waals surface area contributed by atoms with Crippen molar-refractivity contribution in [2.24, 2.45) is 11.7 Å². The summed E-state index contributed by atoms with van der Waals surface area (Å²) < 4.78 is 0. The van der Waals surface area contributed by atoms with Gasteiger partial charge in [-0.15, -0.1) is 12.4 Å². The molecule has 21 heavy (non-hydrogen) atoms. The van der Waals surface area contributed by atoms with Gasteiger partial charge in [-0.2, -0.15) is 0 Å². The summed E-state index contributed by atoms with van der Waals surface area (Å²) in [4.78, 5) is 37.1. The van der Waals surface area contributed by atoms with Crippen LogP contribution in [0.2, 0.25) is 0 Å². The van der Waals surface area contributed by atoms with E-state index in [0.29, 0.717) is 0 Å². The van der Waals surface area contributed by atoms with Crippen LogP contribution < -0.4 is 16.4 Å². The number of carbonyl (C=O) groups excluding carboxylic acids is 3. The van der Waals surface area contributed by atoms with E-state index in [1.807, 2.05) is 0 Å². The Morgan fingerprint density at radius 2 is 2.05 bits per heavy atom. The highest BCUT2D eigenvalue weighted by Crippen LogP contribution is 2.42. The number of hydrogen-bond acceptors (Lipinski definition) is 4. The Morgan fingerprint density at radius 3 is 2.52 bits per heavy atom. The van der Waals surface area contributed by atoms with Crippen molar-refractivity contribution in [3.8, 4) is 0 Å². The van der Waals surface area contributed by atoms with E-state index in [2.05, 4.69) is 10.6 Å². The van der Waals surface area contributed by atoms with Crippen LogP contribution in [0, 0.1) is 5.92 Å². The zero-order chi connectivity index (χ0) is 15.1. The fourth-order valence-corrected chi connectivity index (χ4v) is 2.41. The van der Waals surface area contributed by atoms with Crippen molar-refractivity contribution < 1.29 is 14.4 Å². The molecule has 2 aliphatic rings. The van der Waals surface area contributed by atoms with Crippen molar-refractivity contribution in [3.63, 3.8) is 0 Å². The third kappa shape index (κ3) is 3.47. The Bertz CT molecular complexity index is 464. The largest absolute Gasteiger partial charge is 0.348 e. The second-order valence-electron chi connectivity index (χ2n) is 6.43. The SMILES string of the molecule is CC(C)(CN)NC(=O)CN1C(=O)NC(C)(C2CC2)C1=O.Cl. The first-order valence-corrected chi connectivity index (χ1v) is 6.85. The van der Waals surface area contributed by atoms with Crippen LogP contribution in [0.4, 0.5) is 4.79 Å². The first kappa shape index (κ1) is 17.7. The number of rotatable bonds is 5. The minimum atomic E-state index is -0.846. The summed E-state index contributed by atoms with van der Waals surface area (Å²) in [5.41, 5.74) is 4.13. The molecule has 1 aliphatic carbocycles. The molecule has 0 spiro atoms. The number of amides is 4. The van der Waals surface area contributed by atoms with Crippen molar-refractivity contribution >= 4 is 30.3 Å². The summed E-state index contributed by atoms with van der Waals surface area (Å²) in [6, 6.07) is -0.495. The molecule has 2 fully saturated rings. The maximum Gasteiger partial charge on any atom is 0.325 e. The Kier molecular flexibility index (Phi) is 4.90. The van der Waals surface area contributed by atoms with Gasteiger partial charge < -0.3 is 16.4 Å². The van der Waals surface area contributed by atoms with Gasteiger partial charge in [0.05, 0.1) is 0 Å². The van der Waals surface area contributed by atoms with Crippen LogP contribution in [0.1, 0.15) is 33.6 Å². The molecule has 4 amide bonds. The topological polar surface area (TPSA) is 105 Å². The molecule has 120 valence electrons. The fraction of sp³-hybridized carbons (Fsp3) is 0.769. The Balaban J connectivity index is 0.00000220. The molecular formula is C13H23ClN4O3. The van der Waals surface area contributed by atoms with Crippen molar-refractivity contribution in [1.29, 1.82) is 0 Å². The number of carbonyl (C=O) groups is 3. The average molecular weight is 319 g/mol. The number of imide groups is 1. The lowest BCUT2D eigenvalue weighted by molar-refractivity contribution is -0.135. The first-order valence-electron chi connectivity index (χ1n) is 6.85.